The van der Waals surface area contributed by atoms with Gasteiger partial charge in [-0.3, -0.25) is 9.36 Å². The monoisotopic (exact) mass is 425 g/mol. The molecule has 0 spiro atoms. The van der Waals surface area contributed by atoms with Crippen molar-refractivity contribution in [2.24, 2.45) is 0 Å². The van der Waals surface area contributed by atoms with Gasteiger partial charge in [0.05, 0.1) is 6.54 Å². The lowest BCUT2D eigenvalue weighted by Gasteiger charge is -2.28. The van der Waals surface area contributed by atoms with Crippen LogP contribution in [0.15, 0.2) is 4.79 Å². The van der Waals surface area contributed by atoms with Gasteiger partial charge in [-0.2, -0.15) is 22.8 Å². The molecule has 0 bridgehead atoms. The van der Waals surface area contributed by atoms with E-state index in [1.54, 1.807) is 11.5 Å². The lowest BCUT2D eigenvalue weighted by atomic mass is 10.4. The van der Waals surface area contributed by atoms with Gasteiger partial charge in [0.1, 0.15) is 6.54 Å². The van der Waals surface area contributed by atoms with E-state index >= 15 is 0 Å². The molecule has 0 unspecified atom stereocenters. The third-order valence-corrected chi connectivity index (χ3v) is 3.91. The number of rotatable bonds is 3. The number of nitrogens with zero attached hydrogens (tertiary/aromatic N) is 6. The van der Waals surface area contributed by atoms with Crippen molar-refractivity contribution in [3.05, 3.63) is 10.4 Å². The van der Waals surface area contributed by atoms with Crippen LogP contribution in [-0.2, 0) is 17.9 Å². The summed E-state index contributed by atoms with van der Waals surface area (Å²) in [6.07, 6.45) is 0.193. The number of carbonyl (C=O) groups is 1. The number of anilines is 1. The van der Waals surface area contributed by atoms with Crippen molar-refractivity contribution >= 4 is 23.1 Å². The summed E-state index contributed by atoms with van der Waals surface area (Å²) in [7, 11) is 0. The number of piperazine rings is 1. The molecule has 10 nitrogen and oxygen atoms in total. The van der Waals surface area contributed by atoms with Gasteiger partial charge in [-0.25, -0.2) is 4.79 Å². The molecule has 0 aliphatic carbocycles. The van der Waals surface area contributed by atoms with Crippen molar-refractivity contribution in [1.82, 2.24) is 29.9 Å². The molecule has 0 amide bonds. The first kappa shape index (κ1) is 22.7. The number of alkyl halides is 3. The average Bonchev–Trinajstić information content (AvgIpc) is 3.08. The van der Waals surface area contributed by atoms with Crippen LogP contribution in [0.2, 0.25) is 0 Å². The first-order valence-electron chi connectivity index (χ1n) is 8.63. The molecule has 1 aliphatic heterocycles. The first-order valence-corrected chi connectivity index (χ1v) is 8.63. The first-order chi connectivity index (χ1) is 14.2. The fourth-order valence-electron chi connectivity index (χ4n) is 2.57. The number of aliphatic carboxylic acids is 1. The minimum absolute atomic E-state index is 0.0787. The van der Waals surface area contributed by atoms with E-state index in [4.69, 9.17) is 16.3 Å². The molecule has 1 aliphatic rings. The third-order valence-electron chi connectivity index (χ3n) is 3.91. The fraction of sp³-hybridized carbons (Fsp3) is 0.471. The van der Waals surface area contributed by atoms with Crippen molar-refractivity contribution in [3.8, 4) is 24.2 Å². The zero-order valence-corrected chi connectivity index (χ0v) is 15.9. The molecular weight excluding hydrogens is 407 g/mol. The molecule has 0 aromatic carbocycles. The predicted octanol–water partition coefficient (Wildman–Crippen LogP) is -0.313. The van der Waals surface area contributed by atoms with Gasteiger partial charge in [0.15, 0.2) is 5.52 Å². The van der Waals surface area contributed by atoms with Crippen LogP contribution in [0, 0.1) is 24.2 Å². The summed E-state index contributed by atoms with van der Waals surface area (Å²) in [5, 5.41) is 18.3. The van der Waals surface area contributed by atoms with Gasteiger partial charge in [0, 0.05) is 26.2 Å². The lowest BCUT2D eigenvalue weighted by molar-refractivity contribution is -0.192. The van der Waals surface area contributed by atoms with Crippen molar-refractivity contribution < 1.29 is 23.1 Å². The standard InChI is InChI=1S/C15H17N7O.C2HF3O2/c1-3-5-9-21-12-13(18-19-22(8-4-2)14(12)23)17-15(21)20-10-6-16-7-11-20;3-2(4,5)1(6)7/h2,16H,6-11H2,1H3;(H,6,7). The fourth-order valence-corrected chi connectivity index (χ4v) is 2.57. The van der Waals surface area contributed by atoms with E-state index in [2.05, 4.69) is 43.3 Å². The molecule has 3 heterocycles. The Balaban J connectivity index is 0.000000396. The summed E-state index contributed by atoms with van der Waals surface area (Å²) in [5.41, 5.74) is 0.431. The Morgan fingerprint density at radius 1 is 1.30 bits per heavy atom. The van der Waals surface area contributed by atoms with Crippen LogP contribution >= 0.6 is 0 Å². The summed E-state index contributed by atoms with van der Waals surface area (Å²) in [4.78, 5) is 28.2. The summed E-state index contributed by atoms with van der Waals surface area (Å²) in [5.74, 6) is 6.20. The van der Waals surface area contributed by atoms with E-state index in [9.17, 15) is 18.0 Å². The number of hydrogen-bond acceptors (Lipinski definition) is 7. The van der Waals surface area contributed by atoms with Crippen LogP contribution < -0.4 is 15.8 Å². The highest BCUT2D eigenvalue weighted by Gasteiger charge is 2.38. The van der Waals surface area contributed by atoms with E-state index in [0.29, 0.717) is 23.7 Å². The minimum Gasteiger partial charge on any atom is -0.475 e. The van der Waals surface area contributed by atoms with E-state index < -0.39 is 12.1 Å². The van der Waals surface area contributed by atoms with Gasteiger partial charge < -0.3 is 15.3 Å². The summed E-state index contributed by atoms with van der Waals surface area (Å²) in [6.45, 7) is 5.59. The van der Waals surface area contributed by atoms with E-state index in [1.807, 2.05) is 0 Å². The van der Waals surface area contributed by atoms with Crippen LogP contribution in [0.4, 0.5) is 19.1 Å². The van der Waals surface area contributed by atoms with Gasteiger partial charge in [-0.1, -0.05) is 17.1 Å². The topological polar surface area (TPSA) is 118 Å². The highest BCUT2D eigenvalue weighted by molar-refractivity contribution is 5.74. The molecule has 3 rings (SSSR count). The minimum atomic E-state index is -5.08. The molecule has 160 valence electrons. The zero-order chi connectivity index (χ0) is 22.3. The molecular formula is C17H18F3N7O3. The van der Waals surface area contributed by atoms with Crippen molar-refractivity contribution in [3.63, 3.8) is 0 Å². The summed E-state index contributed by atoms with van der Waals surface area (Å²) in [6, 6.07) is 0. The van der Waals surface area contributed by atoms with E-state index in [-0.39, 0.29) is 12.1 Å². The Bertz CT molecular complexity index is 1070. The van der Waals surface area contributed by atoms with Crippen molar-refractivity contribution in [1.29, 1.82) is 0 Å². The molecule has 2 aromatic rings. The molecule has 2 N–H and O–H groups in total. The molecule has 0 saturated carbocycles. The van der Waals surface area contributed by atoms with Crippen molar-refractivity contribution in [2.75, 3.05) is 31.1 Å². The predicted molar refractivity (Wildman–Crippen MR) is 101 cm³/mol. The maximum Gasteiger partial charge on any atom is 0.490 e. The average molecular weight is 425 g/mol. The van der Waals surface area contributed by atoms with Crippen LogP contribution in [0.25, 0.3) is 11.2 Å². The second-order valence-corrected chi connectivity index (χ2v) is 5.89. The van der Waals surface area contributed by atoms with Gasteiger partial charge in [0.2, 0.25) is 11.6 Å². The number of aromatic nitrogens is 5. The van der Waals surface area contributed by atoms with Crippen molar-refractivity contribution in [2.45, 2.75) is 26.2 Å². The van der Waals surface area contributed by atoms with Gasteiger partial charge in [-0.15, -0.1) is 17.4 Å². The molecule has 0 atom stereocenters. The highest BCUT2D eigenvalue weighted by Crippen LogP contribution is 2.19. The summed E-state index contributed by atoms with van der Waals surface area (Å²) >= 11 is 0. The van der Waals surface area contributed by atoms with Gasteiger partial charge in [-0.05, 0) is 6.92 Å². The number of nitrogens with one attached hydrogen (secondary N) is 1. The Labute approximate surface area is 168 Å². The number of imidazole rings is 1. The SMILES string of the molecule is C#CCn1nnc2nc(N3CCNCC3)n(CC#CC)c2c1=O.O=C(O)C(F)(F)F. The third kappa shape index (κ3) is 5.27. The van der Waals surface area contributed by atoms with Crippen LogP contribution in [0.3, 0.4) is 0 Å². The Kier molecular flexibility index (Phi) is 7.38. The number of hydrogen-bond donors (Lipinski definition) is 2. The van der Waals surface area contributed by atoms with E-state index in [0.717, 1.165) is 26.2 Å². The van der Waals surface area contributed by atoms with Crippen LogP contribution in [0.5, 0.6) is 0 Å². The maximum atomic E-state index is 12.6. The highest BCUT2D eigenvalue weighted by atomic mass is 19.4. The van der Waals surface area contributed by atoms with Gasteiger partial charge >= 0.3 is 12.1 Å². The lowest BCUT2D eigenvalue weighted by Crippen LogP contribution is -2.44. The second-order valence-electron chi connectivity index (χ2n) is 5.89. The molecule has 13 heteroatoms. The number of carboxylic acids is 1. The largest absolute Gasteiger partial charge is 0.490 e. The van der Waals surface area contributed by atoms with E-state index in [1.165, 1.54) is 4.68 Å². The quantitative estimate of drug-likeness (QED) is 0.643. The molecule has 0 radical (unpaired) electrons. The number of terminal acetylenes is 1. The molecule has 2 aromatic heterocycles. The van der Waals surface area contributed by atoms with Gasteiger partial charge in [0.25, 0.3) is 5.56 Å². The molecule has 1 fully saturated rings. The Morgan fingerprint density at radius 3 is 2.47 bits per heavy atom. The number of carboxylic acid groups (broad SMARTS) is 1. The van der Waals surface area contributed by atoms with Crippen LogP contribution in [-0.4, -0.2) is 68.0 Å². The summed E-state index contributed by atoms with van der Waals surface area (Å²) < 4.78 is 34.7. The molecule has 1 saturated heterocycles. The molecule has 30 heavy (non-hydrogen) atoms. The zero-order valence-electron chi connectivity index (χ0n) is 15.9. The second kappa shape index (κ2) is 9.76. The Hall–Kier alpha value is -3.58. The normalized spacial score (nSPS) is 13.6. The Morgan fingerprint density at radius 2 is 1.93 bits per heavy atom. The smallest absolute Gasteiger partial charge is 0.475 e. The maximum absolute atomic E-state index is 12.6. The van der Waals surface area contributed by atoms with Crippen LogP contribution in [0.1, 0.15) is 6.92 Å². The number of halogens is 3. The number of fused-ring (bicyclic) bond motifs is 1.